The van der Waals surface area contributed by atoms with Gasteiger partial charge in [-0.15, -0.1) is 0 Å². The van der Waals surface area contributed by atoms with Crippen LogP contribution >= 0.6 is 0 Å². The Balaban J connectivity index is 0.00000648. The molecular formula is C18H23N7NaO10+. The van der Waals surface area contributed by atoms with E-state index in [2.05, 4.69) is 9.97 Å². The summed E-state index contributed by atoms with van der Waals surface area (Å²) in [5.74, 6) is -2.87. The van der Waals surface area contributed by atoms with Crippen LogP contribution in [0.15, 0.2) is 12.4 Å². The van der Waals surface area contributed by atoms with E-state index in [0.29, 0.717) is 11.6 Å². The van der Waals surface area contributed by atoms with Crippen LogP contribution in [-0.2, 0) is 36.9 Å². The largest absolute Gasteiger partial charge is 1.00 e. The number of nitrogens with zero attached hydrogens (tertiary/aromatic N) is 7. The second-order valence-electron chi connectivity index (χ2n) is 7.12. The van der Waals surface area contributed by atoms with Crippen molar-refractivity contribution in [3.63, 3.8) is 0 Å². The number of ether oxygens (including phenoxy) is 2. The molecule has 17 nitrogen and oxygen atoms in total. The van der Waals surface area contributed by atoms with Crippen LogP contribution in [0.5, 0.6) is 0 Å². The minimum Gasteiger partial charge on any atom is -0.480 e. The minimum atomic E-state index is -1.31. The number of carbonyl (C=O) groups is 3. The van der Waals surface area contributed by atoms with Crippen LogP contribution in [0.4, 0.5) is 11.6 Å². The summed E-state index contributed by atoms with van der Waals surface area (Å²) in [6, 6.07) is 0. The molecule has 0 aromatic carbocycles. The Morgan fingerprint density at radius 2 is 1.28 bits per heavy atom. The second-order valence-corrected chi connectivity index (χ2v) is 7.12. The van der Waals surface area contributed by atoms with Gasteiger partial charge in [-0.25, -0.2) is 19.1 Å². The summed E-state index contributed by atoms with van der Waals surface area (Å²) in [6.45, 7) is 0.724. The van der Waals surface area contributed by atoms with E-state index >= 15 is 0 Å². The van der Waals surface area contributed by atoms with Gasteiger partial charge in [0.05, 0.1) is 19.6 Å². The molecule has 0 atom stereocenters. The number of nitro groups is 2. The van der Waals surface area contributed by atoms with Crippen molar-refractivity contribution in [2.24, 2.45) is 0 Å². The third kappa shape index (κ3) is 8.99. The van der Waals surface area contributed by atoms with Gasteiger partial charge in [-0.2, -0.15) is 0 Å². The molecule has 1 N–H and O–H groups in total. The van der Waals surface area contributed by atoms with Crippen LogP contribution in [0.1, 0.15) is 11.6 Å². The number of carbonyl (C=O) groups excluding carboxylic acids is 2. The molecule has 190 valence electrons. The van der Waals surface area contributed by atoms with Crippen LogP contribution in [0.25, 0.3) is 0 Å². The van der Waals surface area contributed by atoms with Gasteiger partial charge in [0.2, 0.25) is 0 Å². The molecule has 36 heavy (non-hydrogen) atoms. The van der Waals surface area contributed by atoms with Gasteiger partial charge in [0, 0.05) is 13.8 Å². The minimum absolute atomic E-state index is 0. The summed E-state index contributed by atoms with van der Waals surface area (Å²) in [6.07, 6.45) is 2.15. The SMILES string of the molecule is Cc1ncc([N+](=O)[O-])n1CCOC(=O)CN(CC(=O)O)CC(=O)OCCn1c([N+](=O)[O-])cnc1C.[Na+]. The molecule has 0 aliphatic rings. The predicted octanol–water partition coefficient (Wildman–Crippen LogP) is -3.31. The van der Waals surface area contributed by atoms with Crippen LogP contribution < -0.4 is 29.6 Å². The molecule has 2 aromatic rings. The maximum Gasteiger partial charge on any atom is 1.00 e. The molecule has 0 radical (unpaired) electrons. The van der Waals surface area contributed by atoms with Crippen LogP contribution in [-0.4, -0.2) is 89.7 Å². The zero-order valence-electron chi connectivity index (χ0n) is 19.9. The van der Waals surface area contributed by atoms with Crippen molar-refractivity contribution >= 4 is 29.5 Å². The van der Waals surface area contributed by atoms with E-state index in [9.17, 15) is 34.6 Å². The quantitative estimate of drug-likeness (QED) is 0.112. The van der Waals surface area contributed by atoms with Crippen molar-refractivity contribution < 1.29 is 68.4 Å². The Hall–Kier alpha value is -3.41. The van der Waals surface area contributed by atoms with E-state index in [1.807, 2.05) is 0 Å². The molecule has 2 aromatic heterocycles. The normalized spacial score (nSPS) is 10.5. The molecule has 2 rings (SSSR count). The number of aryl methyl sites for hydroxylation is 2. The Morgan fingerprint density at radius 1 is 0.889 bits per heavy atom. The number of rotatable bonds is 14. The maximum atomic E-state index is 12.1. The number of hydrogen-bond donors (Lipinski definition) is 1. The van der Waals surface area contributed by atoms with E-state index in [1.54, 1.807) is 13.8 Å². The Labute approximate surface area is 225 Å². The number of esters is 2. The van der Waals surface area contributed by atoms with E-state index in [0.717, 1.165) is 17.3 Å². The first-order valence-corrected chi connectivity index (χ1v) is 10.1. The van der Waals surface area contributed by atoms with E-state index in [4.69, 9.17) is 14.6 Å². The fourth-order valence-corrected chi connectivity index (χ4v) is 3.07. The fraction of sp³-hybridized carbons (Fsp3) is 0.500. The zero-order chi connectivity index (χ0) is 26.1. The molecule has 0 fully saturated rings. The number of carboxylic acid groups (broad SMARTS) is 1. The second kappa shape index (κ2) is 14.2. The molecule has 0 bridgehead atoms. The molecule has 0 aliphatic carbocycles. The molecule has 0 spiro atoms. The molecule has 2 heterocycles. The summed E-state index contributed by atoms with van der Waals surface area (Å²) in [7, 11) is 0. The van der Waals surface area contributed by atoms with Gasteiger partial charge >= 0.3 is 59.1 Å². The molecule has 0 saturated heterocycles. The number of aromatic nitrogens is 4. The summed E-state index contributed by atoms with van der Waals surface area (Å²) < 4.78 is 12.5. The first-order valence-electron chi connectivity index (χ1n) is 10.1. The van der Waals surface area contributed by atoms with Gasteiger partial charge in [-0.1, -0.05) is 0 Å². The van der Waals surface area contributed by atoms with Gasteiger partial charge in [0.1, 0.15) is 38.7 Å². The standard InChI is InChI=1S/C18H23N7O10.Na/c1-12-19-7-14(24(30)31)22(12)3-5-34-17(28)10-21(9-16(26)27)11-18(29)35-6-4-23-13(2)20-8-15(23)25(32)33;/h7-8H,3-6,9-11H2,1-2H3,(H,26,27);/q;+1. The molecule has 0 unspecified atom stereocenters. The molecule has 0 aliphatic heterocycles. The number of hydrogen-bond acceptors (Lipinski definition) is 12. The van der Waals surface area contributed by atoms with Crippen molar-refractivity contribution in [1.82, 2.24) is 24.0 Å². The third-order valence-electron chi connectivity index (χ3n) is 4.66. The van der Waals surface area contributed by atoms with E-state index < -0.39 is 47.4 Å². The topological polar surface area (TPSA) is 215 Å². The van der Waals surface area contributed by atoms with Gasteiger partial charge in [0.25, 0.3) is 0 Å². The predicted molar refractivity (Wildman–Crippen MR) is 113 cm³/mol. The van der Waals surface area contributed by atoms with Gasteiger partial charge in [-0.05, 0) is 9.85 Å². The van der Waals surface area contributed by atoms with Crippen molar-refractivity contribution in [2.45, 2.75) is 26.9 Å². The number of aliphatic carboxylic acids is 1. The summed E-state index contributed by atoms with van der Waals surface area (Å²) in [4.78, 5) is 64.7. The first kappa shape index (κ1) is 30.6. The Morgan fingerprint density at radius 3 is 1.61 bits per heavy atom. The monoisotopic (exact) mass is 520 g/mol. The third-order valence-corrected chi connectivity index (χ3v) is 4.66. The van der Waals surface area contributed by atoms with Crippen LogP contribution in [0.3, 0.4) is 0 Å². The van der Waals surface area contributed by atoms with Crippen molar-refractivity contribution in [3.05, 3.63) is 44.3 Å². The van der Waals surface area contributed by atoms with Crippen molar-refractivity contribution in [1.29, 1.82) is 0 Å². The average molecular weight is 520 g/mol. The van der Waals surface area contributed by atoms with Gasteiger partial charge < -0.3 is 34.8 Å². The first-order chi connectivity index (χ1) is 16.5. The van der Waals surface area contributed by atoms with Crippen LogP contribution in [0, 0.1) is 34.1 Å². The molecular weight excluding hydrogens is 497 g/mol. The van der Waals surface area contributed by atoms with Gasteiger partial charge in [-0.3, -0.25) is 19.3 Å². The zero-order valence-corrected chi connectivity index (χ0v) is 21.9. The molecule has 18 heteroatoms. The Bertz CT molecular complexity index is 1040. The molecule has 0 saturated carbocycles. The summed E-state index contributed by atoms with van der Waals surface area (Å²) >= 11 is 0. The van der Waals surface area contributed by atoms with Crippen molar-refractivity contribution in [3.8, 4) is 0 Å². The maximum absolute atomic E-state index is 12.1. The molecule has 0 amide bonds. The fourth-order valence-electron chi connectivity index (χ4n) is 3.07. The van der Waals surface area contributed by atoms with E-state index in [1.165, 1.54) is 9.13 Å². The van der Waals surface area contributed by atoms with Crippen molar-refractivity contribution in [2.75, 3.05) is 32.8 Å². The van der Waals surface area contributed by atoms with Gasteiger partial charge in [0.15, 0.2) is 11.6 Å². The average Bonchev–Trinajstić information content (AvgIpc) is 3.30. The summed E-state index contributed by atoms with van der Waals surface area (Å²) in [5.41, 5.74) is 0. The van der Waals surface area contributed by atoms with E-state index in [-0.39, 0.29) is 67.5 Å². The number of carboxylic acids is 1. The number of imidazole rings is 2. The smallest absolute Gasteiger partial charge is 0.480 e. The Kier molecular flexibility index (Phi) is 12.1. The summed E-state index contributed by atoms with van der Waals surface area (Å²) in [5, 5.41) is 31.0. The van der Waals surface area contributed by atoms with Crippen LogP contribution in [0.2, 0.25) is 0 Å².